The number of carbonyl (C=O) groups is 4. The fraction of sp³-hybridized carbons (Fsp3) is 0.100. The highest BCUT2D eigenvalue weighted by atomic mass is 16.5. The van der Waals surface area contributed by atoms with E-state index in [4.69, 9.17) is 4.74 Å². The van der Waals surface area contributed by atoms with Gasteiger partial charge in [-0.2, -0.15) is 0 Å². The Balaban J connectivity index is 2.08. The SMILES string of the molecule is CCOc1ccc(C(=O)O)cc1/C=C1\C(=O)NC(=O)N(c2ccc(O)cc2)C1=O. The van der Waals surface area contributed by atoms with Crippen molar-refractivity contribution in [2.45, 2.75) is 6.92 Å². The van der Waals surface area contributed by atoms with Crippen LogP contribution in [0.1, 0.15) is 22.8 Å². The van der Waals surface area contributed by atoms with E-state index in [1.165, 1.54) is 48.5 Å². The molecule has 4 amide bonds. The van der Waals surface area contributed by atoms with Crippen molar-refractivity contribution in [2.24, 2.45) is 0 Å². The van der Waals surface area contributed by atoms with Crippen molar-refractivity contribution in [2.75, 3.05) is 11.5 Å². The molecule has 1 aliphatic heterocycles. The van der Waals surface area contributed by atoms with Crippen LogP contribution < -0.4 is 15.0 Å². The molecule has 0 aromatic heterocycles. The van der Waals surface area contributed by atoms with Crippen LogP contribution in [0.15, 0.2) is 48.0 Å². The second kappa shape index (κ2) is 7.85. The van der Waals surface area contributed by atoms with E-state index in [0.29, 0.717) is 0 Å². The summed E-state index contributed by atoms with van der Waals surface area (Å²) in [6.45, 7) is 2.01. The van der Waals surface area contributed by atoms with Crippen molar-refractivity contribution in [3.05, 3.63) is 59.2 Å². The number of benzene rings is 2. The number of nitrogens with one attached hydrogen (secondary N) is 1. The van der Waals surface area contributed by atoms with Crippen LogP contribution in [0.4, 0.5) is 10.5 Å². The second-order valence-corrected chi connectivity index (χ2v) is 5.97. The number of urea groups is 1. The normalized spacial score (nSPS) is 15.4. The zero-order chi connectivity index (χ0) is 21.1. The number of ether oxygens (including phenoxy) is 1. The minimum absolute atomic E-state index is 0.0581. The maximum absolute atomic E-state index is 12.9. The molecule has 3 rings (SSSR count). The Kier molecular flexibility index (Phi) is 5.31. The summed E-state index contributed by atoms with van der Waals surface area (Å²) in [7, 11) is 0. The summed E-state index contributed by atoms with van der Waals surface area (Å²) >= 11 is 0. The molecule has 148 valence electrons. The Bertz CT molecular complexity index is 1040. The topological polar surface area (TPSA) is 133 Å². The predicted molar refractivity (Wildman–Crippen MR) is 102 cm³/mol. The van der Waals surface area contributed by atoms with Crippen LogP contribution in [0.3, 0.4) is 0 Å². The van der Waals surface area contributed by atoms with E-state index in [0.717, 1.165) is 4.90 Å². The molecule has 0 bridgehead atoms. The lowest BCUT2D eigenvalue weighted by Gasteiger charge is -2.26. The Morgan fingerprint density at radius 1 is 1.14 bits per heavy atom. The van der Waals surface area contributed by atoms with Gasteiger partial charge in [-0.15, -0.1) is 0 Å². The molecule has 0 aliphatic carbocycles. The van der Waals surface area contributed by atoms with Crippen molar-refractivity contribution >= 4 is 35.6 Å². The summed E-state index contributed by atoms with van der Waals surface area (Å²) in [5.41, 5.74) is -0.0881. The Morgan fingerprint density at radius 3 is 2.45 bits per heavy atom. The predicted octanol–water partition coefficient (Wildman–Crippen LogP) is 2.16. The first-order valence-corrected chi connectivity index (χ1v) is 8.52. The maximum Gasteiger partial charge on any atom is 0.335 e. The van der Waals surface area contributed by atoms with Crippen LogP contribution in [0.25, 0.3) is 6.08 Å². The monoisotopic (exact) mass is 396 g/mol. The number of barbiturate groups is 1. The van der Waals surface area contributed by atoms with Crippen LogP contribution in [-0.4, -0.2) is 40.6 Å². The second-order valence-electron chi connectivity index (χ2n) is 5.97. The molecule has 0 atom stereocenters. The van der Waals surface area contributed by atoms with Crippen LogP contribution in [0.5, 0.6) is 11.5 Å². The quantitative estimate of drug-likeness (QED) is 0.521. The van der Waals surface area contributed by atoms with E-state index in [1.54, 1.807) is 6.92 Å². The lowest BCUT2D eigenvalue weighted by Crippen LogP contribution is -2.54. The lowest BCUT2D eigenvalue weighted by molar-refractivity contribution is -0.122. The van der Waals surface area contributed by atoms with Gasteiger partial charge >= 0.3 is 12.0 Å². The van der Waals surface area contributed by atoms with Gasteiger partial charge in [0.25, 0.3) is 11.8 Å². The van der Waals surface area contributed by atoms with Gasteiger partial charge in [0, 0.05) is 5.56 Å². The zero-order valence-electron chi connectivity index (χ0n) is 15.2. The number of anilines is 1. The Morgan fingerprint density at radius 2 is 1.83 bits per heavy atom. The van der Waals surface area contributed by atoms with E-state index < -0.39 is 23.8 Å². The number of hydrogen-bond donors (Lipinski definition) is 3. The molecule has 29 heavy (non-hydrogen) atoms. The first kappa shape index (κ1) is 19.6. The summed E-state index contributed by atoms with van der Waals surface area (Å²) in [4.78, 5) is 49.4. The maximum atomic E-state index is 12.9. The number of phenolic OH excluding ortho intramolecular Hbond substituents is 1. The van der Waals surface area contributed by atoms with Crippen molar-refractivity contribution in [3.63, 3.8) is 0 Å². The number of aromatic hydroxyl groups is 1. The minimum atomic E-state index is -1.19. The van der Waals surface area contributed by atoms with Crippen molar-refractivity contribution < 1.29 is 34.1 Å². The molecule has 0 spiro atoms. The molecule has 2 aromatic rings. The number of carbonyl (C=O) groups excluding carboxylic acids is 3. The zero-order valence-corrected chi connectivity index (χ0v) is 15.2. The van der Waals surface area contributed by atoms with E-state index >= 15 is 0 Å². The molecule has 1 heterocycles. The van der Waals surface area contributed by atoms with Gasteiger partial charge in [-0.05, 0) is 55.5 Å². The average Bonchev–Trinajstić information content (AvgIpc) is 2.67. The van der Waals surface area contributed by atoms with Gasteiger partial charge in [0.1, 0.15) is 17.1 Å². The third-order valence-corrected chi connectivity index (χ3v) is 4.07. The third-order valence-electron chi connectivity index (χ3n) is 4.07. The number of carboxylic acids is 1. The molecular formula is C20H16N2O7. The molecule has 0 unspecified atom stereocenters. The highest BCUT2D eigenvalue weighted by Gasteiger charge is 2.37. The van der Waals surface area contributed by atoms with E-state index in [1.807, 2.05) is 0 Å². The van der Waals surface area contributed by atoms with Crippen molar-refractivity contribution in [1.82, 2.24) is 5.32 Å². The molecule has 0 saturated carbocycles. The molecular weight excluding hydrogens is 380 g/mol. The van der Waals surface area contributed by atoms with Gasteiger partial charge in [-0.3, -0.25) is 14.9 Å². The van der Waals surface area contributed by atoms with E-state index in [2.05, 4.69) is 5.32 Å². The van der Waals surface area contributed by atoms with Gasteiger partial charge in [0.05, 0.1) is 17.9 Å². The molecule has 3 N–H and O–H groups in total. The summed E-state index contributed by atoms with van der Waals surface area (Å²) in [6, 6.07) is 8.36. The molecule has 0 radical (unpaired) electrons. The number of amides is 4. The number of phenols is 1. The lowest BCUT2D eigenvalue weighted by atomic mass is 10.0. The van der Waals surface area contributed by atoms with Crippen molar-refractivity contribution in [1.29, 1.82) is 0 Å². The number of aromatic carboxylic acids is 1. The highest BCUT2D eigenvalue weighted by molar-refractivity contribution is 6.39. The van der Waals surface area contributed by atoms with Crippen LogP contribution >= 0.6 is 0 Å². The molecule has 1 aliphatic rings. The summed E-state index contributed by atoms with van der Waals surface area (Å²) < 4.78 is 5.44. The van der Waals surface area contributed by atoms with Gasteiger partial charge in [-0.25, -0.2) is 14.5 Å². The van der Waals surface area contributed by atoms with Gasteiger partial charge in [0.15, 0.2) is 0 Å². The molecule has 1 fully saturated rings. The largest absolute Gasteiger partial charge is 0.508 e. The van der Waals surface area contributed by atoms with Crippen molar-refractivity contribution in [3.8, 4) is 11.5 Å². The fourth-order valence-corrected chi connectivity index (χ4v) is 2.73. The Hall–Kier alpha value is -4.14. The number of hydrogen-bond acceptors (Lipinski definition) is 6. The summed E-state index contributed by atoms with van der Waals surface area (Å²) in [5, 5.41) is 20.7. The fourth-order valence-electron chi connectivity index (χ4n) is 2.73. The van der Waals surface area contributed by atoms with E-state index in [-0.39, 0.29) is 40.5 Å². The van der Waals surface area contributed by atoms with Gasteiger partial charge in [0.2, 0.25) is 0 Å². The van der Waals surface area contributed by atoms with E-state index in [9.17, 15) is 29.4 Å². The minimum Gasteiger partial charge on any atom is -0.508 e. The van der Waals surface area contributed by atoms with Crippen LogP contribution in [-0.2, 0) is 9.59 Å². The molecule has 9 nitrogen and oxygen atoms in total. The number of carboxylic acid groups (broad SMARTS) is 1. The molecule has 9 heteroatoms. The first-order valence-electron chi connectivity index (χ1n) is 8.52. The molecule has 1 saturated heterocycles. The van der Waals surface area contributed by atoms with Crippen LogP contribution in [0.2, 0.25) is 0 Å². The summed E-state index contributed by atoms with van der Waals surface area (Å²) in [6.07, 6.45) is 1.18. The first-order chi connectivity index (χ1) is 13.8. The molecule has 2 aromatic carbocycles. The standard InChI is InChI=1S/C20H16N2O7/c1-2-29-16-8-3-11(19(26)27)9-12(16)10-15-17(24)21-20(28)22(18(15)25)13-4-6-14(23)7-5-13/h3-10,23H,2H2,1H3,(H,26,27)(H,21,24,28)/b15-10+. The van der Waals surface area contributed by atoms with Gasteiger partial charge < -0.3 is 14.9 Å². The number of rotatable bonds is 5. The summed E-state index contributed by atoms with van der Waals surface area (Å²) in [5.74, 6) is -2.78. The highest BCUT2D eigenvalue weighted by Crippen LogP contribution is 2.27. The smallest absolute Gasteiger partial charge is 0.335 e. The third kappa shape index (κ3) is 3.93. The average molecular weight is 396 g/mol. The number of imide groups is 2. The van der Waals surface area contributed by atoms with Gasteiger partial charge in [-0.1, -0.05) is 0 Å². The Labute approximate surface area is 164 Å². The van der Waals surface area contributed by atoms with Crippen LogP contribution in [0, 0.1) is 0 Å². The number of nitrogens with zero attached hydrogens (tertiary/aromatic N) is 1.